The molecule has 108 valence electrons. The van der Waals surface area contributed by atoms with Gasteiger partial charge in [-0.05, 0) is 6.92 Å². The van der Waals surface area contributed by atoms with Gasteiger partial charge in [0.05, 0.1) is 32.1 Å². The van der Waals surface area contributed by atoms with E-state index in [9.17, 15) is 0 Å². The van der Waals surface area contributed by atoms with Crippen LogP contribution in [0.3, 0.4) is 0 Å². The summed E-state index contributed by atoms with van der Waals surface area (Å²) in [4.78, 5) is 8.87. The smallest absolute Gasteiger partial charge is 0.133 e. The van der Waals surface area contributed by atoms with E-state index < -0.39 is 0 Å². The fourth-order valence-corrected chi connectivity index (χ4v) is 1.57. The molecule has 1 rings (SSSR count). The molecule has 0 aliphatic rings. The maximum Gasteiger partial charge on any atom is 0.133 e. The molecule has 0 aliphatic carbocycles. The zero-order valence-electron chi connectivity index (χ0n) is 11.9. The number of methoxy groups -OCH3 is 2. The molecular formula is C13H23N3O3. The van der Waals surface area contributed by atoms with Crippen molar-refractivity contribution in [3.8, 4) is 0 Å². The van der Waals surface area contributed by atoms with Crippen molar-refractivity contribution in [2.45, 2.75) is 20.0 Å². The van der Waals surface area contributed by atoms with Crippen molar-refractivity contribution in [1.82, 2.24) is 9.97 Å². The van der Waals surface area contributed by atoms with Gasteiger partial charge in [-0.15, -0.1) is 0 Å². The van der Waals surface area contributed by atoms with Crippen LogP contribution in [0.5, 0.6) is 0 Å². The quantitative estimate of drug-likeness (QED) is 0.645. The van der Waals surface area contributed by atoms with E-state index in [1.807, 2.05) is 13.0 Å². The number of hydrogen-bond donors (Lipinski definition) is 1. The molecule has 0 saturated carbocycles. The van der Waals surface area contributed by atoms with Crippen LogP contribution in [0.25, 0.3) is 0 Å². The van der Waals surface area contributed by atoms with Crippen molar-refractivity contribution in [1.29, 1.82) is 0 Å². The second-order valence-electron chi connectivity index (χ2n) is 3.98. The Labute approximate surface area is 114 Å². The van der Waals surface area contributed by atoms with Crippen LogP contribution in [-0.4, -0.2) is 50.6 Å². The van der Waals surface area contributed by atoms with Crippen LogP contribution in [0.4, 0.5) is 5.82 Å². The molecule has 1 aromatic heterocycles. The second-order valence-corrected chi connectivity index (χ2v) is 3.98. The summed E-state index contributed by atoms with van der Waals surface area (Å²) in [5, 5.41) is 3.19. The van der Waals surface area contributed by atoms with Gasteiger partial charge in [-0.2, -0.15) is 0 Å². The summed E-state index contributed by atoms with van der Waals surface area (Å²) in [6, 6.07) is 1.91. The fraction of sp³-hybridized carbons (Fsp3) is 0.692. The van der Waals surface area contributed by atoms with Crippen molar-refractivity contribution in [2.24, 2.45) is 0 Å². The molecule has 0 fully saturated rings. The van der Waals surface area contributed by atoms with E-state index >= 15 is 0 Å². The van der Waals surface area contributed by atoms with Crippen molar-refractivity contribution >= 4 is 5.82 Å². The molecule has 0 unspecified atom stereocenters. The number of anilines is 1. The first-order valence-electron chi connectivity index (χ1n) is 6.46. The van der Waals surface area contributed by atoms with E-state index in [0.29, 0.717) is 32.8 Å². The van der Waals surface area contributed by atoms with Crippen molar-refractivity contribution < 1.29 is 14.2 Å². The van der Waals surface area contributed by atoms with Crippen LogP contribution in [0, 0.1) is 0 Å². The maximum atomic E-state index is 5.42. The predicted octanol–water partition coefficient (Wildman–Crippen LogP) is 1.26. The third-order valence-corrected chi connectivity index (χ3v) is 2.38. The lowest BCUT2D eigenvalue weighted by atomic mass is 10.3. The van der Waals surface area contributed by atoms with Crippen LogP contribution in [-0.2, 0) is 27.2 Å². The third kappa shape index (κ3) is 6.47. The highest BCUT2D eigenvalue weighted by Gasteiger charge is 2.04. The molecule has 0 aromatic carbocycles. The molecule has 6 heteroatoms. The Morgan fingerprint density at radius 3 is 2.63 bits per heavy atom. The SMILES string of the molecule is CCNc1cc(COC)nc(CCOCCOC)n1. The number of nitrogens with one attached hydrogen (secondary N) is 1. The number of hydrogen-bond acceptors (Lipinski definition) is 6. The van der Waals surface area contributed by atoms with Gasteiger partial charge >= 0.3 is 0 Å². The Bertz CT molecular complexity index is 337. The summed E-state index contributed by atoms with van der Waals surface area (Å²) >= 11 is 0. The minimum Gasteiger partial charge on any atom is -0.382 e. The molecule has 0 radical (unpaired) electrons. The van der Waals surface area contributed by atoms with Gasteiger partial charge in [-0.3, -0.25) is 0 Å². The fourth-order valence-electron chi connectivity index (χ4n) is 1.57. The summed E-state index contributed by atoms with van der Waals surface area (Å²) in [5.74, 6) is 1.60. The summed E-state index contributed by atoms with van der Waals surface area (Å²) in [6.07, 6.45) is 0.680. The molecule has 1 N–H and O–H groups in total. The normalized spacial score (nSPS) is 10.7. The van der Waals surface area contributed by atoms with Crippen LogP contribution in [0.2, 0.25) is 0 Å². The van der Waals surface area contributed by atoms with Gasteiger partial charge in [0.1, 0.15) is 11.6 Å². The number of aromatic nitrogens is 2. The van der Waals surface area contributed by atoms with E-state index in [-0.39, 0.29) is 0 Å². The van der Waals surface area contributed by atoms with Crippen LogP contribution >= 0.6 is 0 Å². The Kier molecular flexibility index (Phi) is 8.04. The van der Waals surface area contributed by atoms with Crippen LogP contribution in [0.15, 0.2) is 6.07 Å². The van der Waals surface area contributed by atoms with Gasteiger partial charge in [0.2, 0.25) is 0 Å². The highest BCUT2D eigenvalue weighted by molar-refractivity contribution is 5.35. The van der Waals surface area contributed by atoms with E-state index in [1.54, 1.807) is 14.2 Å². The summed E-state index contributed by atoms with van der Waals surface area (Å²) in [6.45, 7) is 5.13. The van der Waals surface area contributed by atoms with Crippen LogP contribution < -0.4 is 5.32 Å². The van der Waals surface area contributed by atoms with Gasteiger partial charge in [-0.1, -0.05) is 0 Å². The standard InChI is InChI=1S/C13H23N3O3/c1-4-14-13-9-11(10-18-3)15-12(16-13)5-6-19-8-7-17-2/h9H,4-8,10H2,1-3H3,(H,14,15,16). The first-order chi connectivity index (χ1) is 9.30. The van der Waals surface area contributed by atoms with Gasteiger partial charge in [0, 0.05) is 33.3 Å². The number of rotatable bonds is 10. The van der Waals surface area contributed by atoms with Gasteiger partial charge in [0.25, 0.3) is 0 Å². The van der Waals surface area contributed by atoms with E-state index in [2.05, 4.69) is 15.3 Å². The average Bonchev–Trinajstić information content (AvgIpc) is 2.39. The first kappa shape index (κ1) is 15.8. The zero-order valence-corrected chi connectivity index (χ0v) is 11.9. The molecular weight excluding hydrogens is 246 g/mol. The van der Waals surface area contributed by atoms with E-state index in [4.69, 9.17) is 14.2 Å². The molecule has 0 saturated heterocycles. The highest BCUT2D eigenvalue weighted by Crippen LogP contribution is 2.08. The molecule has 19 heavy (non-hydrogen) atoms. The summed E-state index contributed by atoms with van der Waals surface area (Å²) in [7, 11) is 3.31. The van der Waals surface area contributed by atoms with Gasteiger partial charge < -0.3 is 19.5 Å². The summed E-state index contributed by atoms with van der Waals surface area (Å²) in [5.41, 5.74) is 0.875. The number of nitrogens with zero attached hydrogens (tertiary/aromatic N) is 2. The molecule has 1 aromatic rings. The Morgan fingerprint density at radius 1 is 1.11 bits per heavy atom. The van der Waals surface area contributed by atoms with E-state index in [0.717, 1.165) is 23.9 Å². The Morgan fingerprint density at radius 2 is 1.95 bits per heavy atom. The minimum atomic E-state index is 0.485. The Hall–Kier alpha value is -1.24. The van der Waals surface area contributed by atoms with Crippen molar-refractivity contribution in [3.63, 3.8) is 0 Å². The second kappa shape index (κ2) is 9.66. The van der Waals surface area contributed by atoms with Crippen LogP contribution in [0.1, 0.15) is 18.4 Å². The molecule has 0 atom stereocenters. The molecule has 0 aliphatic heterocycles. The molecule has 0 bridgehead atoms. The molecule has 1 heterocycles. The number of ether oxygens (including phenoxy) is 3. The van der Waals surface area contributed by atoms with Crippen molar-refractivity contribution in [2.75, 3.05) is 45.9 Å². The predicted molar refractivity (Wildman–Crippen MR) is 73.3 cm³/mol. The third-order valence-electron chi connectivity index (χ3n) is 2.38. The minimum absolute atomic E-state index is 0.485. The lowest BCUT2D eigenvalue weighted by molar-refractivity contribution is 0.0716. The lowest BCUT2D eigenvalue weighted by Gasteiger charge is -2.09. The monoisotopic (exact) mass is 269 g/mol. The van der Waals surface area contributed by atoms with Gasteiger partial charge in [0.15, 0.2) is 0 Å². The molecule has 6 nitrogen and oxygen atoms in total. The topological polar surface area (TPSA) is 65.5 Å². The largest absolute Gasteiger partial charge is 0.382 e. The maximum absolute atomic E-state index is 5.42. The molecule has 0 amide bonds. The Balaban J connectivity index is 2.54. The average molecular weight is 269 g/mol. The van der Waals surface area contributed by atoms with Crippen molar-refractivity contribution in [3.05, 3.63) is 17.6 Å². The first-order valence-corrected chi connectivity index (χ1v) is 6.46. The highest BCUT2D eigenvalue weighted by atomic mass is 16.5. The lowest BCUT2D eigenvalue weighted by Crippen LogP contribution is -2.10. The zero-order chi connectivity index (χ0) is 13.9. The van der Waals surface area contributed by atoms with Gasteiger partial charge in [-0.25, -0.2) is 9.97 Å². The molecule has 0 spiro atoms. The summed E-state index contributed by atoms with van der Waals surface area (Å²) < 4.78 is 15.4. The van der Waals surface area contributed by atoms with E-state index in [1.165, 1.54) is 0 Å².